The molecular formula is C20H35N5. The van der Waals surface area contributed by atoms with Crippen molar-refractivity contribution in [2.75, 3.05) is 45.7 Å². The number of rotatable bonds is 7. The molecule has 5 nitrogen and oxygen atoms in total. The van der Waals surface area contributed by atoms with Crippen molar-refractivity contribution in [3.8, 4) is 0 Å². The molecule has 1 aromatic rings. The lowest BCUT2D eigenvalue weighted by Crippen LogP contribution is -2.49. The average Bonchev–Trinajstić information content (AvgIpc) is 3.06. The summed E-state index contributed by atoms with van der Waals surface area (Å²) in [6.45, 7) is 7.58. The van der Waals surface area contributed by atoms with E-state index in [1.807, 2.05) is 7.05 Å². The first-order valence-corrected chi connectivity index (χ1v) is 9.43. The standard InChI is InChI=1S/C20H35N5/c1-16(2)13-19(24(4)5)14-22-20(21-3)23-17-11-12-25(15-17)18-9-7-6-8-10-18/h6-10,16-17,19H,11-15H2,1-5H3,(H2,21,22,23). The molecule has 25 heavy (non-hydrogen) atoms. The predicted octanol–water partition coefficient (Wildman–Crippen LogP) is 2.41. The lowest BCUT2D eigenvalue weighted by Gasteiger charge is -2.27. The molecule has 1 aromatic carbocycles. The number of hydrogen-bond acceptors (Lipinski definition) is 3. The van der Waals surface area contributed by atoms with Gasteiger partial charge in [-0.05, 0) is 45.0 Å². The van der Waals surface area contributed by atoms with Crippen LogP contribution in [0.1, 0.15) is 26.7 Å². The first-order valence-electron chi connectivity index (χ1n) is 9.43. The number of benzene rings is 1. The van der Waals surface area contributed by atoms with Crippen LogP contribution in [0.4, 0.5) is 5.69 Å². The van der Waals surface area contributed by atoms with E-state index < -0.39 is 0 Å². The molecular weight excluding hydrogens is 310 g/mol. The van der Waals surface area contributed by atoms with Gasteiger partial charge in [0.15, 0.2) is 5.96 Å². The predicted molar refractivity (Wildman–Crippen MR) is 108 cm³/mol. The third kappa shape index (κ3) is 6.24. The van der Waals surface area contributed by atoms with E-state index in [1.54, 1.807) is 0 Å². The maximum absolute atomic E-state index is 4.42. The Morgan fingerprint density at radius 3 is 2.60 bits per heavy atom. The zero-order valence-electron chi connectivity index (χ0n) is 16.5. The minimum atomic E-state index is 0.439. The maximum atomic E-state index is 4.42. The summed E-state index contributed by atoms with van der Waals surface area (Å²) in [5.74, 6) is 1.61. The van der Waals surface area contributed by atoms with Crippen molar-refractivity contribution in [1.29, 1.82) is 0 Å². The van der Waals surface area contributed by atoms with E-state index in [0.717, 1.165) is 32.0 Å². The second-order valence-electron chi connectivity index (χ2n) is 7.61. The van der Waals surface area contributed by atoms with Crippen LogP contribution in [0.15, 0.2) is 35.3 Å². The molecule has 1 saturated heterocycles. The van der Waals surface area contributed by atoms with Crippen molar-refractivity contribution in [1.82, 2.24) is 15.5 Å². The van der Waals surface area contributed by atoms with Crippen LogP contribution in [0.5, 0.6) is 0 Å². The van der Waals surface area contributed by atoms with Crippen molar-refractivity contribution < 1.29 is 0 Å². The Labute approximate surface area is 153 Å². The molecule has 140 valence electrons. The quantitative estimate of drug-likeness (QED) is 0.588. The van der Waals surface area contributed by atoms with Crippen LogP contribution in [0.25, 0.3) is 0 Å². The summed E-state index contributed by atoms with van der Waals surface area (Å²) in [6.07, 6.45) is 2.32. The topological polar surface area (TPSA) is 42.9 Å². The van der Waals surface area contributed by atoms with E-state index in [9.17, 15) is 0 Å². The van der Waals surface area contributed by atoms with Crippen LogP contribution < -0.4 is 15.5 Å². The molecule has 1 aliphatic heterocycles. The van der Waals surface area contributed by atoms with E-state index in [0.29, 0.717) is 18.0 Å². The third-order valence-electron chi connectivity index (χ3n) is 4.85. The van der Waals surface area contributed by atoms with Crippen LogP contribution in [0.2, 0.25) is 0 Å². The molecule has 2 unspecified atom stereocenters. The molecule has 1 heterocycles. The van der Waals surface area contributed by atoms with E-state index in [4.69, 9.17) is 0 Å². The van der Waals surface area contributed by atoms with E-state index >= 15 is 0 Å². The van der Waals surface area contributed by atoms with Gasteiger partial charge in [-0.2, -0.15) is 0 Å². The average molecular weight is 346 g/mol. The van der Waals surface area contributed by atoms with E-state index in [-0.39, 0.29) is 0 Å². The van der Waals surface area contributed by atoms with Gasteiger partial charge in [-0.15, -0.1) is 0 Å². The number of hydrogen-bond donors (Lipinski definition) is 2. The van der Waals surface area contributed by atoms with Gasteiger partial charge in [0.2, 0.25) is 0 Å². The fourth-order valence-corrected chi connectivity index (χ4v) is 3.37. The Bertz CT molecular complexity index is 526. The zero-order chi connectivity index (χ0) is 18.2. The highest BCUT2D eigenvalue weighted by atomic mass is 15.3. The van der Waals surface area contributed by atoms with Crippen molar-refractivity contribution in [3.05, 3.63) is 30.3 Å². The fraction of sp³-hybridized carbons (Fsp3) is 0.650. The number of nitrogens with zero attached hydrogens (tertiary/aromatic N) is 3. The van der Waals surface area contributed by atoms with E-state index in [2.05, 4.69) is 83.7 Å². The second kappa shape index (κ2) is 9.66. The molecule has 1 aliphatic rings. The molecule has 2 N–H and O–H groups in total. The normalized spacial score (nSPS) is 19.6. The van der Waals surface area contributed by atoms with Gasteiger partial charge in [-0.1, -0.05) is 32.0 Å². The summed E-state index contributed by atoms with van der Waals surface area (Å²) in [5.41, 5.74) is 1.30. The van der Waals surface area contributed by atoms with E-state index in [1.165, 1.54) is 12.1 Å². The number of anilines is 1. The molecule has 0 radical (unpaired) electrons. The molecule has 2 atom stereocenters. The minimum absolute atomic E-state index is 0.439. The van der Waals surface area contributed by atoms with Gasteiger partial charge in [-0.3, -0.25) is 4.99 Å². The van der Waals surface area contributed by atoms with Crippen LogP contribution >= 0.6 is 0 Å². The molecule has 0 spiro atoms. The fourth-order valence-electron chi connectivity index (χ4n) is 3.37. The number of likely N-dealkylation sites (N-methyl/N-ethyl adjacent to an activating group) is 1. The highest BCUT2D eigenvalue weighted by Crippen LogP contribution is 2.19. The van der Waals surface area contributed by atoms with Crippen LogP contribution in [-0.2, 0) is 0 Å². The SMILES string of the molecule is CN=C(NCC(CC(C)C)N(C)C)NC1CCN(c2ccccc2)C1. The number of para-hydroxylation sites is 1. The molecule has 0 amide bonds. The lowest BCUT2D eigenvalue weighted by atomic mass is 10.0. The number of aliphatic imine (C=N–C) groups is 1. The Morgan fingerprint density at radius 1 is 1.28 bits per heavy atom. The summed E-state index contributed by atoms with van der Waals surface area (Å²) >= 11 is 0. The summed E-state index contributed by atoms with van der Waals surface area (Å²) in [4.78, 5) is 9.15. The molecule has 0 aromatic heterocycles. The summed E-state index contributed by atoms with van der Waals surface area (Å²) in [5, 5.41) is 7.11. The molecule has 0 bridgehead atoms. The molecule has 2 rings (SSSR count). The number of guanidine groups is 1. The van der Waals surface area contributed by atoms with Crippen molar-refractivity contribution >= 4 is 11.6 Å². The van der Waals surface area contributed by atoms with Crippen molar-refractivity contribution in [2.24, 2.45) is 10.9 Å². The summed E-state index contributed by atoms with van der Waals surface area (Å²) in [6, 6.07) is 11.6. The lowest BCUT2D eigenvalue weighted by molar-refractivity contribution is 0.254. The Balaban J connectivity index is 1.82. The smallest absolute Gasteiger partial charge is 0.191 e. The van der Waals surface area contributed by atoms with Gasteiger partial charge >= 0.3 is 0 Å². The zero-order valence-corrected chi connectivity index (χ0v) is 16.5. The van der Waals surface area contributed by atoms with Gasteiger partial charge in [0.25, 0.3) is 0 Å². The maximum Gasteiger partial charge on any atom is 0.191 e. The van der Waals surface area contributed by atoms with Crippen LogP contribution in [0.3, 0.4) is 0 Å². The second-order valence-corrected chi connectivity index (χ2v) is 7.61. The first kappa shape index (κ1) is 19.6. The minimum Gasteiger partial charge on any atom is -0.369 e. The van der Waals surface area contributed by atoms with Crippen LogP contribution in [0, 0.1) is 5.92 Å². The Hall–Kier alpha value is -1.75. The highest BCUT2D eigenvalue weighted by Gasteiger charge is 2.23. The van der Waals surface area contributed by atoms with Gasteiger partial charge in [-0.25, -0.2) is 0 Å². The molecule has 5 heteroatoms. The van der Waals surface area contributed by atoms with Crippen LogP contribution in [-0.4, -0.2) is 63.7 Å². The number of nitrogens with one attached hydrogen (secondary N) is 2. The summed E-state index contributed by atoms with van der Waals surface area (Å²) < 4.78 is 0. The first-order chi connectivity index (χ1) is 12.0. The Morgan fingerprint density at radius 2 is 2.00 bits per heavy atom. The highest BCUT2D eigenvalue weighted by molar-refractivity contribution is 5.80. The van der Waals surface area contributed by atoms with Gasteiger partial charge in [0.1, 0.15) is 0 Å². The summed E-state index contributed by atoms with van der Waals surface area (Å²) in [7, 11) is 6.16. The van der Waals surface area contributed by atoms with Gasteiger partial charge in [0.05, 0.1) is 0 Å². The Kier molecular flexibility index (Phi) is 7.56. The van der Waals surface area contributed by atoms with Gasteiger partial charge < -0.3 is 20.4 Å². The van der Waals surface area contributed by atoms with Crippen molar-refractivity contribution in [2.45, 2.75) is 38.8 Å². The monoisotopic (exact) mass is 345 g/mol. The third-order valence-corrected chi connectivity index (χ3v) is 4.85. The largest absolute Gasteiger partial charge is 0.369 e. The molecule has 0 aliphatic carbocycles. The molecule has 1 fully saturated rings. The van der Waals surface area contributed by atoms with Crippen molar-refractivity contribution in [3.63, 3.8) is 0 Å². The molecule has 0 saturated carbocycles. The van der Waals surface area contributed by atoms with Gasteiger partial charge in [0, 0.05) is 44.5 Å².